The van der Waals surface area contributed by atoms with Gasteiger partial charge in [-0.1, -0.05) is 11.6 Å². The van der Waals surface area contributed by atoms with Gasteiger partial charge in [0, 0.05) is 12.1 Å². The lowest BCUT2D eigenvalue weighted by molar-refractivity contribution is -0.384. The Kier molecular flexibility index (Phi) is 4.72. The van der Waals surface area contributed by atoms with Crippen LogP contribution in [0.2, 0.25) is 5.02 Å². The van der Waals surface area contributed by atoms with E-state index in [4.69, 9.17) is 16.3 Å². The average molecular weight is 308 g/mol. The van der Waals surface area contributed by atoms with Crippen LogP contribution in [-0.2, 0) is 0 Å². The van der Waals surface area contributed by atoms with Crippen LogP contribution in [0.15, 0.2) is 36.5 Å². The number of nitrogens with one attached hydrogen (secondary N) is 1. The second kappa shape index (κ2) is 6.51. The summed E-state index contributed by atoms with van der Waals surface area (Å²) in [6.45, 7) is 1.99. The summed E-state index contributed by atoms with van der Waals surface area (Å²) in [5.41, 5.74) is 0.790. The smallest absolute Gasteiger partial charge is 0.273 e. The highest BCUT2D eigenvalue weighted by Crippen LogP contribution is 2.32. The van der Waals surface area contributed by atoms with Crippen molar-refractivity contribution in [1.82, 2.24) is 10.3 Å². The van der Waals surface area contributed by atoms with E-state index in [1.165, 1.54) is 18.2 Å². The van der Waals surface area contributed by atoms with Crippen LogP contribution in [0.25, 0.3) is 0 Å². The summed E-state index contributed by atoms with van der Waals surface area (Å²) in [6.07, 6.45) is 1.55. The van der Waals surface area contributed by atoms with Crippen molar-refractivity contribution < 1.29 is 9.66 Å². The van der Waals surface area contributed by atoms with Gasteiger partial charge in [0.15, 0.2) is 5.75 Å². The molecular weight excluding hydrogens is 294 g/mol. The van der Waals surface area contributed by atoms with Gasteiger partial charge in [0.2, 0.25) is 0 Å². The number of aromatic nitrogens is 1. The summed E-state index contributed by atoms with van der Waals surface area (Å²) in [4.78, 5) is 14.5. The third-order valence-corrected chi connectivity index (χ3v) is 3.30. The second-order valence-electron chi connectivity index (χ2n) is 4.40. The zero-order valence-electron chi connectivity index (χ0n) is 11.5. The Hall–Kier alpha value is -2.18. The lowest BCUT2D eigenvalue weighted by Gasteiger charge is -2.11. The van der Waals surface area contributed by atoms with E-state index in [2.05, 4.69) is 10.3 Å². The molecule has 0 saturated carbocycles. The fourth-order valence-corrected chi connectivity index (χ4v) is 1.82. The third-order valence-electron chi connectivity index (χ3n) is 2.99. The van der Waals surface area contributed by atoms with Crippen molar-refractivity contribution >= 4 is 17.3 Å². The van der Waals surface area contributed by atoms with Gasteiger partial charge in [0.25, 0.3) is 5.69 Å². The topological polar surface area (TPSA) is 77.3 Å². The van der Waals surface area contributed by atoms with E-state index >= 15 is 0 Å². The molecule has 0 saturated heterocycles. The minimum absolute atomic E-state index is 0.0808. The highest BCUT2D eigenvalue weighted by molar-refractivity contribution is 6.32. The quantitative estimate of drug-likeness (QED) is 0.673. The summed E-state index contributed by atoms with van der Waals surface area (Å²) in [6, 6.07) is 7.73. The number of ether oxygens (including phenoxy) is 1. The van der Waals surface area contributed by atoms with E-state index in [1.54, 1.807) is 12.3 Å². The maximum absolute atomic E-state index is 10.8. The van der Waals surface area contributed by atoms with Gasteiger partial charge in [-0.05, 0) is 32.2 Å². The van der Waals surface area contributed by atoms with Crippen LogP contribution in [0.5, 0.6) is 11.5 Å². The summed E-state index contributed by atoms with van der Waals surface area (Å²) in [7, 11) is 1.85. The van der Waals surface area contributed by atoms with Gasteiger partial charge in [0.1, 0.15) is 5.75 Å². The number of nitro benzene ring substituents is 1. The van der Waals surface area contributed by atoms with Gasteiger partial charge in [-0.25, -0.2) is 0 Å². The van der Waals surface area contributed by atoms with Crippen molar-refractivity contribution in [2.24, 2.45) is 0 Å². The Morgan fingerprint density at radius 3 is 2.71 bits per heavy atom. The Morgan fingerprint density at radius 2 is 2.14 bits per heavy atom. The fourth-order valence-electron chi connectivity index (χ4n) is 1.67. The predicted octanol–water partition coefficient (Wildman–Crippen LogP) is 3.72. The van der Waals surface area contributed by atoms with Crippen molar-refractivity contribution in [3.63, 3.8) is 0 Å². The van der Waals surface area contributed by atoms with Crippen LogP contribution >= 0.6 is 11.6 Å². The Labute approximate surface area is 126 Å². The molecule has 0 radical (unpaired) electrons. The Bertz CT molecular complexity index is 646. The third kappa shape index (κ3) is 3.68. The molecule has 110 valence electrons. The highest BCUT2D eigenvalue weighted by Gasteiger charge is 2.12. The molecule has 7 heteroatoms. The summed E-state index contributed by atoms with van der Waals surface area (Å²) in [5.74, 6) is 0.687. The molecule has 1 aromatic heterocycles. The van der Waals surface area contributed by atoms with Crippen LogP contribution < -0.4 is 10.1 Å². The molecule has 1 heterocycles. The maximum atomic E-state index is 10.8. The van der Waals surface area contributed by atoms with E-state index in [0.29, 0.717) is 10.8 Å². The zero-order valence-corrected chi connectivity index (χ0v) is 12.3. The molecule has 1 unspecified atom stereocenters. The van der Waals surface area contributed by atoms with Gasteiger partial charge in [-0.2, -0.15) is 0 Å². The molecule has 0 amide bonds. The van der Waals surface area contributed by atoms with E-state index in [-0.39, 0.29) is 17.5 Å². The van der Waals surface area contributed by atoms with Crippen LogP contribution in [0.4, 0.5) is 5.69 Å². The standard InChI is InChI=1S/C14H14ClN3O3/c1-9(16-2)13-6-4-11(8-17-13)21-14-7-10(18(19)20)3-5-12(14)15/h3-9,16H,1-2H3. The molecule has 2 rings (SSSR count). The number of benzene rings is 1. The van der Waals surface area contributed by atoms with E-state index < -0.39 is 4.92 Å². The van der Waals surface area contributed by atoms with Crippen LogP contribution in [0.1, 0.15) is 18.7 Å². The first-order valence-electron chi connectivity index (χ1n) is 6.26. The van der Waals surface area contributed by atoms with E-state index in [0.717, 1.165) is 5.69 Å². The summed E-state index contributed by atoms with van der Waals surface area (Å²) < 4.78 is 5.55. The molecule has 0 aliphatic carbocycles. The number of nitro groups is 1. The first kappa shape index (κ1) is 15.2. The first-order valence-corrected chi connectivity index (χ1v) is 6.64. The molecule has 0 aliphatic heterocycles. The molecular formula is C14H14ClN3O3. The Balaban J connectivity index is 2.22. The van der Waals surface area contributed by atoms with Gasteiger partial charge >= 0.3 is 0 Å². The summed E-state index contributed by atoms with van der Waals surface area (Å²) in [5, 5.41) is 14.1. The number of non-ortho nitro benzene ring substituents is 1. The SMILES string of the molecule is CNC(C)c1ccc(Oc2cc([N+](=O)[O-])ccc2Cl)cn1. The second-order valence-corrected chi connectivity index (χ2v) is 4.81. The number of halogens is 1. The van der Waals surface area contributed by atoms with E-state index in [1.807, 2.05) is 20.0 Å². The maximum Gasteiger partial charge on any atom is 0.273 e. The minimum atomic E-state index is -0.501. The van der Waals surface area contributed by atoms with Crippen LogP contribution in [0, 0.1) is 10.1 Å². The van der Waals surface area contributed by atoms with Crippen LogP contribution in [0.3, 0.4) is 0 Å². The molecule has 0 bridgehead atoms. The molecule has 2 aromatic rings. The molecule has 1 aromatic carbocycles. The van der Waals surface area contributed by atoms with Crippen molar-refractivity contribution in [1.29, 1.82) is 0 Å². The van der Waals surface area contributed by atoms with Crippen molar-refractivity contribution in [2.75, 3.05) is 7.05 Å². The van der Waals surface area contributed by atoms with Crippen molar-refractivity contribution in [3.05, 3.63) is 57.4 Å². The monoisotopic (exact) mass is 307 g/mol. The molecule has 1 N–H and O–H groups in total. The molecule has 21 heavy (non-hydrogen) atoms. The minimum Gasteiger partial charge on any atom is -0.454 e. The zero-order chi connectivity index (χ0) is 15.4. The van der Waals surface area contributed by atoms with Gasteiger partial charge < -0.3 is 10.1 Å². The molecule has 0 spiro atoms. The molecule has 0 aliphatic rings. The number of pyridine rings is 1. The molecule has 6 nitrogen and oxygen atoms in total. The normalized spacial score (nSPS) is 12.0. The number of hydrogen-bond acceptors (Lipinski definition) is 5. The van der Waals surface area contributed by atoms with Crippen molar-refractivity contribution in [2.45, 2.75) is 13.0 Å². The lowest BCUT2D eigenvalue weighted by atomic mass is 10.2. The molecule has 0 fully saturated rings. The highest BCUT2D eigenvalue weighted by atomic mass is 35.5. The van der Waals surface area contributed by atoms with Gasteiger partial charge in [-0.15, -0.1) is 0 Å². The lowest BCUT2D eigenvalue weighted by Crippen LogP contribution is -2.13. The number of hydrogen-bond donors (Lipinski definition) is 1. The number of rotatable bonds is 5. The fraction of sp³-hybridized carbons (Fsp3) is 0.214. The van der Waals surface area contributed by atoms with Crippen LogP contribution in [-0.4, -0.2) is 17.0 Å². The average Bonchev–Trinajstić information content (AvgIpc) is 2.49. The molecule has 1 atom stereocenters. The van der Waals surface area contributed by atoms with E-state index in [9.17, 15) is 10.1 Å². The van der Waals surface area contributed by atoms with Gasteiger partial charge in [-0.3, -0.25) is 15.1 Å². The van der Waals surface area contributed by atoms with Gasteiger partial charge in [0.05, 0.1) is 27.9 Å². The summed E-state index contributed by atoms with van der Waals surface area (Å²) >= 11 is 5.98. The predicted molar refractivity (Wildman–Crippen MR) is 79.9 cm³/mol. The van der Waals surface area contributed by atoms with Crippen molar-refractivity contribution in [3.8, 4) is 11.5 Å². The Morgan fingerprint density at radius 1 is 1.38 bits per heavy atom. The largest absolute Gasteiger partial charge is 0.454 e. The number of nitrogens with zero attached hydrogens (tertiary/aromatic N) is 2. The first-order chi connectivity index (χ1) is 10.0.